The van der Waals surface area contributed by atoms with Crippen LogP contribution < -0.4 is 10.6 Å². The molecule has 3 heteroatoms. The third kappa shape index (κ3) is 1.78. The van der Waals surface area contributed by atoms with Crippen molar-refractivity contribution in [3.05, 3.63) is 0 Å². The Kier molecular flexibility index (Phi) is 2.65. The van der Waals surface area contributed by atoms with Crippen LogP contribution in [0.3, 0.4) is 0 Å². The van der Waals surface area contributed by atoms with Gasteiger partial charge in [0.2, 0.25) is 5.91 Å². The summed E-state index contributed by atoms with van der Waals surface area (Å²) in [6.07, 6.45) is 9.24. The van der Waals surface area contributed by atoms with Gasteiger partial charge in [0.25, 0.3) is 0 Å². The third-order valence-electron chi connectivity index (χ3n) is 6.06. The Labute approximate surface area is 109 Å². The minimum Gasteiger partial charge on any atom is -0.356 e. The van der Waals surface area contributed by atoms with Gasteiger partial charge in [0.05, 0.1) is 5.92 Å². The average Bonchev–Trinajstić information content (AvgIpc) is 3.13. The van der Waals surface area contributed by atoms with Gasteiger partial charge in [-0.3, -0.25) is 4.79 Å². The average molecular weight is 248 g/mol. The molecule has 2 aliphatic heterocycles. The van der Waals surface area contributed by atoms with E-state index in [1.807, 2.05) is 0 Å². The Morgan fingerprint density at radius 2 is 2.06 bits per heavy atom. The topological polar surface area (TPSA) is 41.1 Å². The van der Waals surface area contributed by atoms with Crippen LogP contribution >= 0.6 is 0 Å². The predicted octanol–water partition coefficient (Wildman–Crippen LogP) is 1.68. The molecular weight excluding hydrogens is 224 g/mol. The highest BCUT2D eigenvalue weighted by atomic mass is 16.1. The fraction of sp³-hybridized carbons (Fsp3) is 0.933. The highest BCUT2D eigenvalue weighted by Crippen LogP contribution is 2.48. The van der Waals surface area contributed by atoms with Crippen molar-refractivity contribution in [3.63, 3.8) is 0 Å². The fourth-order valence-corrected chi connectivity index (χ4v) is 5.10. The van der Waals surface area contributed by atoms with Crippen LogP contribution in [0.4, 0.5) is 0 Å². The van der Waals surface area contributed by atoms with Crippen molar-refractivity contribution in [2.75, 3.05) is 6.54 Å². The van der Waals surface area contributed by atoms with E-state index in [2.05, 4.69) is 10.6 Å². The van der Waals surface area contributed by atoms with Gasteiger partial charge >= 0.3 is 0 Å². The highest BCUT2D eigenvalue weighted by molar-refractivity contribution is 5.80. The molecule has 0 radical (unpaired) electrons. The molecule has 2 saturated heterocycles. The van der Waals surface area contributed by atoms with Crippen LogP contribution in [0.2, 0.25) is 0 Å². The van der Waals surface area contributed by atoms with Crippen molar-refractivity contribution in [1.29, 1.82) is 0 Å². The smallest absolute Gasteiger partial charge is 0.224 e. The van der Waals surface area contributed by atoms with Gasteiger partial charge in [0.1, 0.15) is 0 Å². The molecule has 4 fully saturated rings. The third-order valence-corrected chi connectivity index (χ3v) is 6.06. The maximum atomic E-state index is 12.2. The van der Waals surface area contributed by atoms with Crippen molar-refractivity contribution < 1.29 is 4.79 Å². The minimum absolute atomic E-state index is 0.266. The first kappa shape index (κ1) is 11.3. The standard InChI is InChI=1S/C15H24N2O/c18-15(13-7-12-3-4-14(13)17-12)16-8-11-6-9-1-2-10(11)5-9/h9-14,17H,1-8H2,(H,16,18). The van der Waals surface area contributed by atoms with E-state index in [9.17, 15) is 4.79 Å². The molecule has 18 heavy (non-hydrogen) atoms. The molecule has 4 aliphatic rings. The molecule has 100 valence electrons. The molecule has 1 amide bonds. The number of carbonyl (C=O) groups is 1. The summed E-state index contributed by atoms with van der Waals surface area (Å²) in [7, 11) is 0. The van der Waals surface area contributed by atoms with Gasteiger partial charge in [-0.1, -0.05) is 6.42 Å². The van der Waals surface area contributed by atoms with Crippen molar-refractivity contribution in [1.82, 2.24) is 10.6 Å². The zero-order valence-electron chi connectivity index (χ0n) is 11.0. The van der Waals surface area contributed by atoms with E-state index in [0.29, 0.717) is 18.0 Å². The Bertz CT molecular complexity index is 356. The monoisotopic (exact) mass is 248 g/mol. The van der Waals surface area contributed by atoms with Gasteiger partial charge in [-0.05, 0) is 56.3 Å². The van der Waals surface area contributed by atoms with Crippen molar-refractivity contribution >= 4 is 5.91 Å². The number of amides is 1. The van der Waals surface area contributed by atoms with Crippen LogP contribution in [0, 0.1) is 23.7 Å². The second kappa shape index (κ2) is 4.22. The summed E-state index contributed by atoms with van der Waals surface area (Å²) >= 11 is 0. The van der Waals surface area contributed by atoms with Gasteiger partial charge in [0, 0.05) is 18.6 Å². The van der Waals surface area contributed by atoms with Crippen molar-refractivity contribution in [2.45, 2.75) is 57.0 Å². The number of hydrogen-bond acceptors (Lipinski definition) is 2. The summed E-state index contributed by atoms with van der Waals surface area (Å²) in [5.41, 5.74) is 0. The molecule has 6 atom stereocenters. The van der Waals surface area contributed by atoms with Crippen molar-refractivity contribution in [2.24, 2.45) is 23.7 Å². The van der Waals surface area contributed by atoms with E-state index in [1.165, 1.54) is 38.5 Å². The number of hydrogen-bond donors (Lipinski definition) is 2. The van der Waals surface area contributed by atoms with Crippen LogP contribution in [-0.4, -0.2) is 24.5 Å². The molecule has 0 aromatic rings. The predicted molar refractivity (Wildman–Crippen MR) is 70.0 cm³/mol. The number of nitrogens with one attached hydrogen (secondary N) is 2. The van der Waals surface area contributed by atoms with Crippen LogP contribution in [0.5, 0.6) is 0 Å². The van der Waals surface area contributed by atoms with E-state index >= 15 is 0 Å². The van der Waals surface area contributed by atoms with Crippen LogP contribution in [-0.2, 0) is 4.79 Å². The van der Waals surface area contributed by atoms with E-state index in [4.69, 9.17) is 0 Å². The van der Waals surface area contributed by atoms with Gasteiger partial charge in [-0.2, -0.15) is 0 Å². The molecule has 2 heterocycles. The first-order chi connectivity index (χ1) is 8.79. The lowest BCUT2D eigenvalue weighted by atomic mass is 9.87. The fourth-order valence-electron chi connectivity index (χ4n) is 5.10. The molecule has 0 aromatic heterocycles. The summed E-state index contributed by atoms with van der Waals surface area (Å²) in [5.74, 6) is 3.30. The van der Waals surface area contributed by atoms with Gasteiger partial charge in [-0.15, -0.1) is 0 Å². The van der Waals surface area contributed by atoms with Gasteiger partial charge in [-0.25, -0.2) is 0 Å². The lowest BCUT2D eigenvalue weighted by Gasteiger charge is -2.24. The number of fused-ring (bicyclic) bond motifs is 4. The van der Waals surface area contributed by atoms with Crippen LogP contribution in [0.15, 0.2) is 0 Å². The zero-order chi connectivity index (χ0) is 12.1. The summed E-state index contributed by atoms with van der Waals surface area (Å²) in [6, 6.07) is 1.11. The summed E-state index contributed by atoms with van der Waals surface area (Å²) in [4.78, 5) is 12.2. The molecule has 0 spiro atoms. The van der Waals surface area contributed by atoms with Gasteiger partial charge in [0.15, 0.2) is 0 Å². The normalized spacial score (nSPS) is 48.9. The van der Waals surface area contributed by atoms with Crippen LogP contribution in [0.25, 0.3) is 0 Å². The Balaban J connectivity index is 1.29. The SMILES string of the molecule is O=C(NCC1CC2CCC1C2)C1CC2CCC1N2. The maximum Gasteiger partial charge on any atom is 0.224 e. The lowest BCUT2D eigenvalue weighted by molar-refractivity contribution is -0.125. The molecule has 4 bridgehead atoms. The van der Waals surface area contributed by atoms with Gasteiger partial charge < -0.3 is 10.6 Å². The summed E-state index contributed by atoms with van der Waals surface area (Å²) < 4.78 is 0. The molecular formula is C15H24N2O. The minimum atomic E-state index is 0.266. The second-order valence-electron chi connectivity index (χ2n) is 7.07. The Morgan fingerprint density at radius 1 is 1.11 bits per heavy atom. The summed E-state index contributed by atoms with van der Waals surface area (Å²) in [6.45, 7) is 0.952. The van der Waals surface area contributed by atoms with E-state index in [1.54, 1.807) is 0 Å². The first-order valence-corrected chi connectivity index (χ1v) is 7.83. The largest absolute Gasteiger partial charge is 0.356 e. The Hall–Kier alpha value is -0.570. The maximum absolute atomic E-state index is 12.2. The molecule has 6 unspecified atom stereocenters. The molecule has 2 saturated carbocycles. The molecule has 0 aromatic carbocycles. The quantitative estimate of drug-likeness (QED) is 0.798. The highest BCUT2D eigenvalue weighted by Gasteiger charge is 2.43. The molecule has 2 N–H and O–H groups in total. The second-order valence-corrected chi connectivity index (χ2v) is 7.07. The molecule has 4 rings (SSSR count). The molecule has 3 nitrogen and oxygen atoms in total. The molecule has 2 aliphatic carbocycles. The number of carbonyl (C=O) groups excluding carboxylic acids is 1. The van der Waals surface area contributed by atoms with E-state index in [0.717, 1.165) is 30.7 Å². The van der Waals surface area contributed by atoms with Crippen molar-refractivity contribution in [3.8, 4) is 0 Å². The first-order valence-electron chi connectivity index (χ1n) is 7.83. The number of rotatable bonds is 3. The Morgan fingerprint density at radius 3 is 2.67 bits per heavy atom. The van der Waals surface area contributed by atoms with Crippen LogP contribution in [0.1, 0.15) is 44.9 Å². The summed E-state index contributed by atoms with van der Waals surface area (Å²) in [5, 5.41) is 6.81. The van der Waals surface area contributed by atoms with E-state index in [-0.39, 0.29) is 5.92 Å². The van der Waals surface area contributed by atoms with E-state index < -0.39 is 0 Å². The lowest BCUT2D eigenvalue weighted by Crippen LogP contribution is -2.40. The zero-order valence-corrected chi connectivity index (χ0v) is 11.0.